The number of H-pyrrole nitrogens is 1. The summed E-state index contributed by atoms with van der Waals surface area (Å²) in [4.78, 5) is 14.6. The first-order valence-electron chi connectivity index (χ1n) is 7.91. The van der Waals surface area contributed by atoms with E-state index in [9.17, 15) is 9.90 Å². The summed E-state index contributed by atoms with van der Waals surface area (Å²) in [7, 11) is 0. The van der Waals surface area contributed by atoms with E-state index in [2.05, 4.69) is 15.4 Å². The second kappa shape index (κ2) is 5.40. The first-order chi connectivity index (χ1) is 10.0. The fraction of sp³-hybridized carbons (Fsp3) is 0.800. The largest absolute Gasteiger partial charge is 0.390 e. The molecule has 3 rings (SSSR count). The Balaban J connectivity index is 1.82. The second-order valence-electron chi connectivity index (χ2n) is 6.68. The number of aromatic nitrogens is 3. The van der Waals surface area contributed by atoms with Crippen LogP contribution in [0.2, 0.25) is 0 Å². The molecule has 1 aliphatic carbocycles. The van der Waals surface area contributed by atoms with Crippen molar-refractivity contribution >= 4 is 5.91 Å². The van der Waals surface area contributed by atoms with Crippen molar-refractivity contribution in [2.24, 2.45) is 5.92 Å². The van der Waals surface area contributed by atoms with Gasteiger partial charge in [0.2, 0.25) is 0 Å². The number of hydrogen-bond acceptors (Lipinski definition) is 4. The van der Waals surface area contributed by atoms with Gasteiger partial charge < -0.3 is 10.0 Å². The third-order valence-electron chi connectivity index (χ3n) is 5.20. The summed E-state index contributed by atoms with van der Waals surface area (Å²) < 4.78 is 0. The highest BCUT2D eigenvalue weighted by Crippen LogP contribution is 2.41. The number of aryl methyl sites for hydroxylation is 1. The minimum atomic E-state index is -0.662. The van der Waals surface area contributed by atoms with Crippen LogP contribution in [0.3, 0.4) is 0 Å². The monoisotopic (exact) mass is 292 g/mol. The lowest BCUT2D eigenvalue weighted by Gasteiger charge is -2.43. The van der Waals surface area contributed by atoms with Crippen molar-refractivity contribution in [1.82, 2.24) is 20.3 Å². The van der Waals surface area contributed by atoms with Crippen LogP contribution in [0.4, 0.5) is 0 Å². The van der Waals surface area contributed by atoms with Crippen LogP contribution in [0.25, 0.3) is 0 Å². The van der Waals surface area contributed by atoms with Gasteiger partial charge in [0, 0.05) is 18.5 Å². The van der Waals surface area contributed by atoms with E-state index in [0.717, 1.165) is 45.1 Å². The van der Waals surface area contributed by atoms with Crippen LogP contribution in [-0.2, 0) is 0 Å². The Bertz CT molecular complexity index is 525. The van der Waals surface area contributed by atoms with Crippen LogP contribution in [0.15, 0.2) is 0 Å². The van der Waals surface area contributed by atoms with Gasteiger partial charge in [0.05, 0.1) is 11.3 Å². The summed E-state index contributed by atoms with van der Waals surface area (Å²) >= 11 is 0. The summed E-state index contributed by atoms with van der Waals surface area (Å²) in [6.45, 7) is 4.47. The molecule has 0 spiro atoms. The molecule has 1 aliphatic heterocycles. The molecule has 0 bridgehead atoms. The predicted octanol–water partition coefficient (Wildman–Crippen LogP) is 1.66. The molecule has 21 heavy (non-hydrogen) atoms. The molecule has 6 heteroatoms. The quantitative estimate of drug-likeness (QED) is 0.868. The number of carbonyl (C=O) groups excluding carboxylic acids is 1. The molecule has 116 valence electrons. The number of amides is 1. The van der Waals surface area contributed by atoms with Crippen LogP contribution in [0.5, 0.6) is 0 Å². The Kier molecular flexibility index (Phi) is 3.73. The molecule has 1 aromatic heterocycles. The standard InChI is InChI=1S/C15H24N4O2/c1-10-13(17-18-16-10)14(20)19-9-5-7-12(19)11-6-3-4-8-15(11,2)21/h11-12,21H,3-9H2,1-2H3,(H,16,17,18). The predicted molar refractivity (Wildman–Crippen MR) is 77.8 cm³/mol. The molecule has 0 radical (unpaired) electrons. The summed E-state index contributed by atoms with van der Waals surface area (Å²) in [5.74, 6) is 0.120. The minimum Gasteiger partial charge on any atom is -0.390 e. The zero-order chi connectivity index (χ0) is 15.0. The van der Waals surface area contributed by atoms with E-state index in [1.54, 1.807) is 6.92 Å². The van der Waals surface area contributed by atoms with Gasteiger partial charge >= 0.3 is 0 Å². The fourth-order valence-electron chi connectivity index (χ4n) is 4.04. The Morgan fingerprint density at radius 2 is 2.14 bits per heavy atom. The van der Waals surface area contributed by atoms with Crippen molar-refractivity contribution < 1.29 is 9.90 Å². The average Bonchev–Trinajstić information content (AvgIpc) is 3.06. The second-order valence-corrected chi connectivity index (χ2v) is 6.68. The van der Waals surface area contributed by atoms with Crippen molar-refractivity contribution in [3.63, 3.8) is 0 Å². The molecule has 1 amide bonds. The van der Waals surface area contributed by atoms with Crippen molar-refractivity contribution in [2.75, 3.05) is 6.54 Å². The molecular formula is C15H24N4O2. The van der Waals surface area contributed by atoms with E-state index in [4.69, 9.17) is 0 Å². The van der Waals surface area contributed by atoms with Gasteiger partial charge in [0.1, 0.15) is 0 Å². The van der Waals surface area contributed by atoms with Gasteiger partial charge in [-0.25, -0.2) is 0 Å². The van der Waals surface area contributed by atoms with Crippen molar-refractivity contribution in [3.8, 4) is 0 Å². The molecule has 2 aliphatic rings. The fourth-order valence-corrected chi connectivity index (χ4v) is 4.04. The number of nitrogens with zero attached hydrogens (tertiary/aromatic N) is 3. The molecular weight excluding hydrogens is 268 g/mol. The van der Waals surface area contributed by atoms with Gasteiger partial charge in [-0.3, -0.25) is 4.79 Å². The maximum absolute atomic E-state index is 12.7. The molecule has 3 atom stereocenters. The Morgan fingerprint density at radius 3 is 2.81 bits per heavy atom. The van der Waals surface area contributed by atoms with Crippen molar-refractivity contribution in [2.45, 2.75) is 64.0 Å². The number of aromatic amines is 1. The molecule has 1 saturated heterocycles. The number of hydrogen-bond donors (Lipinski definition) is 2. The maximum atomic E-state index is 12.7. The van der Waals surface area contributed by atoms with Gasteiger partial charge in [-0.15, -0.1) is 0 Å². The van der Waals surface area contributed by atoms with E-state index in [0.29, 0.717) is 11.4 Å². The number of nitrogens with one attached hydrogen (secondary N) is 1. The third-order valence-corrected chi connectivity index (χ3v) is 5.20. The third kappa shape index (κ3) is 2.57. The number of aliphatic hydroxyl groups is 1. The van der Waals surface area contributed by atoms with Gasteiger partial charge in [0.25, 0.3) is 5.91 Å². The zero-order valence-electron chi connectivity index (χ0n) is 12.8. The first kappa shape index (κ1) is 14.5. The minimum absolute atomic E-state index is 0.0508. The number of rotatable bonds is 2. The Morgan fingerprint density at radius 1 is 1.33 bits per heavy atom. The summed E-state index contributed by atoms with van der Waals surface area (Å²) in [6.07, 6.45) is 6.02. The Labute approximate surface area is 124 Å². The highest BCUT2D eigenvalue weighted by Gasteiger charge is 2.45. The van der Waals surface area contributed by atoms with Crippen LogP contribution < -0.4 is 0 Å². The van der Waals surface area contributed by atoms with E-state index >= 15 is 0 Å². The average molecular weight is 292 g/mol. The molecule has 6 nitrogen and oxygen atoms in total. The summed E-state index contributed by atoms with van der Waals surface area (Å²) in [6, 6.07) is 0.129. The van der Waals surface area contributed by atoms with Gasteiger partial charge in [-0.05, 0) is 39.5 Å². The van der Waals surface area contributed by atoms with Gasteiger partial charge in [-0.2, -0.15) is 15.4 Å². The van der Waals surface area contributed by atoms with E-state index in [1.807, 2.05) is 11.8 Å². The van der Waals surface area contributed by atoms with Crippen LogP contribution in [0.1, 0.15) is 61.6 Å². The van der Waals surface area contributed by atoms with Crippen molar-refractivity contribution in [3.05, 3.63) is 11.4 Å². The molecule has 1 aromatic rings. The summed E-state index contributed by atoms with van der Waals surface area (Å²) in [5.41, 5.74) is 0.392. The normalized spacial score (nSPS) is 33.4. The lowest BCUT2D eigenvalue weighted by Crippen LogP contribution is -2.50. The smallest absolute Gasteiger partial charge is 0.276 e. The lowest BCUT2D eigenvalue weighted by molar-refractivity contribution is -0.0578. The number of carbonyl (C=O) groups is 1. The lowest BCUT2D eigenvalue weighted by atomic mass is 9.72. The highest BCUT2D eigenvalue weighted by atomic mass is 16.3. The molecule has 3 unspecified atom stereocenters. The maximum Gasteiger partial charge on any atom is 0.276 e. The molecule has 0 aromatic carbocycles. The van der Waals surface area contributed by atoms with Crippen LogP contribution in [0, 0.1) is 12.8 Å². The van der Waals surface area contributed by atoms with Crippen molar-refractivity contribution in [1.29, 1.82) is 0 Å². The van der Waals surface area contributed by atoms with Gasteiger partial charge in [0.15, 0.2) is 5.69 Å². The molecule has 1 saturated carbocycles. The van der Waals surface area contributed by atoms with Gasteiger partial charge in [-0.1, -0.05) is 12.8 Å². The SMILES string of the molecule is Cc1n[nH]nc1C(=O)N1CCCC1C1CCCCC1(C)O. The Hall–Kier alpha value is -1.43. The summed E-state index contributed by atoms with van der Waals surface area (Å²) in [5, 5.41) is 21.2. The highest BCUT2D eigenvalue weighted by molar-refractivity contribution is 5.93. The molecule has 2 N–H and O–H groups in total. The van der Waals surface area contributed by atoms with Crippen LogP contribution >= 0.6 is 0 Å². The topological polar surface area (TPSA) is 82.1 Å². The van der Waals surface area contributed by atoms with E-state index < -0.39 is 5.60 Å². The molecule has 2 fully saturated rings. The zero-order valence-corrected chi connectivity index (χ0v) is 12.8. The first-order valence-corrected chi connectivity index (χ1v) is 7.91. The van der Waals surface area contributed by atoms with E-state index in [-0.39, 0.29) is 17.9 Å². The molecule has 2 heterocycles. The van der Waals surface area contributed by atoms with E-state index in [1.165, 1.54) is 0 Å². The van der Waals surface area contributed by atoms with Crippen LogP contribution in [-0.4, -0.2) is 49.5 Å². The number of likely N-dealkylation sites (tertiary alicyclic amines) is 1.